The van der Waals surface area contributed by atoms with Gasteiger partial charge in [0.05, 0.1) is 11.6 Å². The standard InChI is InChI=1S/C16H24BrNO3/c1-11(18-14(19)21-15(2,3)4)16(5,20)10-12-7-6-8-13(17)9-12/h6-9,11,20H,10H2,1-5H3,(H,18,19). The first-order chi connectivity index (χ1) is 9.49. The average Bonchev–Trinajstić information content (AvgIpc) is 2.25. The van der Waals surface area contributed by atoms with Crippen LogP contribution in [0.4, 0.5) is 4.79 Å². The van der Waals surface area contributed by atoms with Crippen LogP contribution >= 0.6 is 15.9 Å². The van der Waals surface area contributed by atoms with Crippen molar-refractivity contribution in [3.63, 3.8) is 0 Å². The smallest absolute Gasteiger partial charge is 0.407 e. The summed E-state index contributed by atoms with van der Waals surface area (Å²) in [6.45, 7) is 8.88. The fraction of sp³-hybridized carbons (Fsp3) is 0.562. The van der Waals surface area contributed by atoms with Crippen LogP contribution < -0.4 is 5.32 Å². The number of hydrogen-bond acceptors (Lipinski definition) is 3. The first-order valence-electron chi connectivity index (χ1n) is 6.96. The third-order valence-electron chi connectivity index (χ3n) is 3.12. The minimum Gasteiger partial charge on any atom is -0.444 e. The topological polar surface area (TPSA) is 58.6 Å². The van der Waals surface area contributed by atoms with Crippen LogP contribution in [0.3, 0.4) is 0 Å². The van der Waals surface area contributed by atoms with E-state index < -0.39 is 23.3 Å². The minimum absolute atomic E-state index is 0.434. The zero-order valence-electron chi connectivity index (χ0n) is 13.2. The van der Waals surface area contributed by atoms with Gasteiger partial charge in [0.1, 0.15) is 5.60 Å². The molecule has 2 unspecified atom stereocenters. The fourth-order valence-electron chi connectivity index (χ4n) is 1.85. The van der Waals surface area contributed by atoms with Crippen LogP contribution in [0.25, 0.3) is 0 Å². The van der Waals surface area contributed by atoms with Gasteiger partial charge in [0, 0.05) is 10.9 Å². The number of rotatable bonds is 4. The van der Waals surface area contributed by atoms with E-state index in [1.807, 2.05) is 24.3 Å². The molecule has 0 spiro atoms. The number of alkyl carbamates (subject to hydrolysis) is 1. The molecule has 1 amide bonds. The molecule has 1 aromatic carbocycles. The van der Waals surface area contributed by atoms with Crippen molar-refractivity contribution in [2.45, 2.75) is 58.3 Å². The Labute approximate surface area is 135 Å². The number of nitrogens with one attached hydrogen (secondary N) is 1. The lowest BCUT2D eigenvalue weighted by Gasteiger charge is -2.32. The molecule has 0 bridgehead atoms. The highest BCUT2D eigenvalue weighted by atomic mass is 79.9. The average molecular weight is 358 g/mol. The van der Waals surface area contributed by atoms with E-state index in [9.17, 15) is 9.90 Å². The van der Waals surface area contributed by atoms with Gasteiger partial charge in [-0.2, -0.15) is 0 Å². The van der Waals surface area contributed by atoms with E-state index in [1.54, 1.807) is 34.6 Å². The molecular formula is C16H24BrNO3. The molecule has 0 fully saturated rings. The maximum absolute atomic E-state index is 11.8. The first kappa shape index (κ1) is 18.0. The number of benzene rings is 1. The molecule has 0 heterocycles. The SMILES string of the molecule is CC(NC(=O)OC(C)(C)C)C(C)(O)Cc1cccc(Br)c1. The fourth-order valence-corrected chi connectivity index (χ4v) is 2.30. The lowest BCUT2D eigenvalue weighted by molar-refractivity contribution is 0.0107. The summed E-state index contributed by atoms with van der Waals surface area (Å²) in [6.07, 6.45) is -0.0897. The highest BCUT2D eigenvalue weighted by Crippen LogP contribution is 2.20. The van der Waals surface area contributed by atoms with Crippen molar-refractivity contribution in [1.82, 2.24) is 5.32 Å². The Morgan fingerprint density at radius 1 is 1.38 bits per heavy atom. The van der Waals surface area contributed by atoms with Crippen molar-refractivity contribution in [3.8, 4) is 0 Å². The number of amides is 1. The summed E-state index contributed by atoms with van der Waals surface area (Å²) in [7, 11) is 0. The maximum atomic E-state index is 11.8. The Balaban J connectivity index is 2.66. The van der Waals surface area contributed by atoms with Crippen LogP contribution in [-0.2, 0) is 11.2 Å². The predicted octanol–water partition coefficient (Wildman–Crippen LogP) is 3.66. The third kappa shape index (κ3) is 6.48. The second-order valence-electron chi connectivity index (χ2n) is 6.53. The van der Waals surface area contributed by atoms with Gasteiger partial charge < -0.3 is 15.2 Å². The van der Waals surface area contributed by atoms with Gasteiger partial charge in [-0.15, -0.1) is 0 Å². The van der Waals surface area contributed by atoms with Crippen LogP contribution in [0.5, 0.6) is 0 Å². The van der Waals surface area contributed by atoms with Gasteiger partial charge in [0.2, 0.25) is 0 Å². The molecule has 1 rings (SSSR count). The second kappa shape index (κ2) is 6.79. The van der Waals surface area contributed by atoms with Crippen molar-refractivity contribution in [3.05, 3.63) is 34.3 Å². The van der Waals surface area contributed by atoms with Crippen LogP contribution in [0.2, 0.25) is 0 Å². The Bertz CT molecular complexity index is 495. The zero-order chi connectivity index (χ0) is 16.3. The van der Waals surface area contributed by atoms with Crippen LogP contribution in [0, 0.1) is 0 Å². The highest BCUT2D eigenvalue weighted by molar-refractivity contribution is 9.10. The molecule has 0 aromatic heterocycles. The van der Waals surface area contributed by atoms with Crippen LogP contribution in [0.1, 0.15) is 40.2 Å². The number of carbonyl (C=O) groups excluding carboxylic acids is 1. The van der Waals surface area contributed by atoms with Crippen molar-refractivity contribution in [2.24, 2.45) is 0 Å². The number of halogens is 1. The summed E-state index contributed by atoms with van der Waals surface area (Å²) < 4.78 is 6.17. The molecule has 0 aliphatic heterocycles. The maximum Gasteiger partial charge on any atom is 0.407 e. The highest BCUT2D eigenvalue weighted by Gasteiger charge is 2.31. The molecule has 4 nitrogen and oxygen atoms in total. The van der Waals surface area contributed by atoms with Crippen molar-refractivity contribution < 1.29 is 14.6 Å². The molecule has 118 valence electrons. The number of aliphatic hydroxyl groups is 1. The van der Waals surface area contributed by atoms with Gasteiger partial charge in [-0.05, 0) is 52.3 Å². The number of hydrogen-bond donors (Lipinski definition) is 2. The molecule has 2 N–H and O–H groups in total. The summed E-state index contributed by atoms with van der Waals surface area (Å²) in [5, 5.41) is 13.3. The Morgan fingerprint density at radius 3 is 2.52 bits per heavy atom. The van der Waals surface area contributed by atoms with E-state index in [1.165, 1.54) is 0 Å². The van der Waals surface area contributed by atoms with Crippen LogP contribution in [-0.4, -0.2) is 28.4 Å². The summed E-state index contributed by atoms with van der Waals surface area (Å²) in [5.74, 6) is 0. The van der Waals surface area contributed by atoms with E-state index >= 15 is 0 Å². The normalized spacial score (nSPS) is 16.0. The van der Waals surface area contributed by atoms with E-state index in [-0.39, 0.29) is 0 Å². The van der Waals surface area contributed by atoms with Gasteiger partial charge in [-0.25, -0.2) is 4.79 Å². The lowest BCUT2D eigenvalue weighted by Crippen LogP contribution is -2.51. The Kier molecular flexibility index (Phi) is 5.82. The number of carbonyl (C=O) groups is 1. The van der Waals surface area contributed by atoms with Crippen molar-refractivity contribution in [2.75, 3.05) is 0 Å². The molecule has 0 aliphatic rings. The van der Waals surface area contributed by atoms with Gasteiger partial charge in [-0.3, -0.25) is 0 Å². The van der Waals surface area contributed by atoms with Gasteiger partial charge in [0.15, 0.2) is 0 Å². The van der Waals surface area contributed by atoms with Crippen molar-refractivity contribution >= 4 is 22.0 Å². The van der Waals surface area contributed by atoms with Crippen molar-refractivity contribution in [1.29, 1.82) is 0 Å². The van der Waals surface area contributed by atoms with E-state index in [4.69, 9.17) is 4.74 Å². The van der Waals surface area contributed by atoms with E-state index in [2.05, 4.69) is 21.2 Å². The molecule has 0 aliphatic carbocycles. The van der Waals surface area contributed by atoms with Gasteiger partial charge >= 0.3 is 6.09 Å². The van der Waals surface area contributed by atoms with Gasteiger partial charge in [0.25, 0.3) is 0 Å². The summed E-state index contributed by atoms with van der Waals surface area (Å²) in [5.41, 5.74) is -0.635. The molecular weight excluding hydrogens is 334 g/mol. The van der Waals surface area contributed by atoms with E-state index in [0.29, 0.717) is 6.42 Å². The molecule has 21 heavy (non-hydrogen) atoms. The molecule has 2 atom stereocenters. The third-order valence-corrected chi connectivity index (χ3v) is 3.61. The quantitative estimate of drug-likeness (QED) is 0.864. The molecule has 0 radical (unpaired) electrons. The molecule has 0 saturated heterocycles. The monoisotopic (exact) mass is 357 g/mol. The Hall–Kier alpha value is -1.07. The summed E-state index contributed by atoms with van der Waals surface area (Å²) >= 11 is 3.41. The molecule has 5 heteroatoms. The second-order valence-corrected chi connectivity index (χ2v) is 7.45. The Morgan fingerprint density at radius 2 is 2.00 bits per heavy atom. The minimum atomic E-state index is -1.07. The number of ether oxygens (including phenoxy) is 1. The largest absolute Gasteiger partial charge is 0.444 e. The van der Waals surface area contributed by atoms with E-state index in [0.717, 1.165) is 10.0 Å². The molecule has 1 aromatic rings. The van der Waals surface area contributed by atoms with Gasteiger partial charge in [-0.1, -0.05) is 28.1 Å². The zero-order valence-corrected chi connectivity index (χ0v) is 14.8. The summed E-state index contributed by atoms with van der Waals surface area (Å²) in [6, 6.07) is 7.31. The predicted molar refractivity (Wildman–Crippen MR) is 87.3 cm³/mol. The molecule has 0 saturated carbocycles. The first-order valence-corrected chi connectivity index (χ1v) is 7.75. The summed E-state index contributed by atoms with van der Waals surface area (Å²) in [4.78, 5) is 11.8. The lowest BCUT2D eigenvalue weighted by atomic mass is 9.90. The van der Waals surface area contributed by atoms with Crippen LogP contribution in [0.15, 0.2) is 28.7 Å².